The van der Waals surface area contributed by atoms with E-state index in [0.29, 0.717) is 22.0 Å². The molecule has 0 radical (unpaired) electrons. The van der Waals surface area contributed by atoms with Crippen LogP contribution < -0.4 is 10.3 Å². The summed E-state index contributed by atoms with van der Waals surface area (Å²) >= 11 is 5.81. The van der Waals surface area contributed by atoms with Crippen LogP contribution in [0.15, 0.2) is 63.2 Å². The maximum absolute atomic E-state index is 12.5. The average molecular weight is 457 g/mol. The molecular weight excluding hydrogens is 440 g/mol. The third-order valence-corrected chi connectivity index (χ3v) is 6.20. The minimum absolute atomic E-state index is 0.0364. The van der Waals surface area contributed by atoms with Crippen LogP contribution in [0.2, 0.25) is 5.02 Å². The summed E-state index contributed by atoms with van der Waals surface area (Å²) in [6.45, 7) is 1.54. The summed E-state index contributed by atoms with van der Waals surface area (Å²) in [6.07, 6.45) is 1.32. The Balaban J connectivity index is 1.87. The Morgan fingerprint density at radius 2 is 1.77 bits per heavy atom. The van der Waals surface area contributed by atoms with Gasteiger partial charge in [0.15, 0.2) is 0 Å². The van der Waals surface area contributed by atoms with Crippen molar-refractivity contribution in [1.82, 2.24) is 4.57 Å². The van der Waals surface area contributed by atoms with Crippen LogP contribution in [0.3, 0.4) is 0 Å². The lowest BCUT2D eigenvalue weighted by Gasteiger charge is -2.10. The molecule has 0 saturated carbocycles. The lowest BCUT2D eigenvalue weighted by molar-refractivity contribution is 0.421. The second-order valence-corrected chi connectivity index (χ2v) is 8.70. The van der Waals surface area contributed by atoms with E-state index in [2.05, 4.69) is 9.71 Å². The van der Waals surface area contributed by atoms with Crippen molar-refractivity contribution in [3.8, 4) is 11.9 Å². The molecule has 158 valence electrons. The highest BCUT2D eigenvalue weighted by Crippen LogP contribution is 2.23. The summed E-state index contributed by atoms with van der Waals surface area (Å²) in [7, 11) is -2.45. The van der Waals surface area contributed by atoms with Gasteiger partial charge < -0.3 is 5.11 Å². The van der Waals surface area contributed by atoms with Crippen LogP contribution >= 0.6 is 11.6 Å². The normalized spacial score (nSPS) is 11.4. The van der Waals surface area contributed by atoms with E-state index in [1.807, 2.05) is 6.07 Å². The molecule has 0 bridgehead atoms. The number of aromatic hydroxyl groups is 1. The summed E-state index contributed by atoms with van der Waals surface area (Å²) in [6, 6.07) is 13.8. The maximum atomic E-state index is 12.5. The first kappa shape index (κ1) is 22.1. The van der Waals surface area contributed by atoms with Gasteiger partial charge in [-0.3, -0.25) is 19.1 Å². The Morgan fingerprint density at radius 3 is 2.35 bits per heavy atom. The van der Waals surface area contributed by atoms with Crippen molar-refractivity contribution in [2.45, 2.75) is 11.8 Å². The molecule has 8 nitrogen and oxygen atoms in total. The molecule has 2 aromatic carbocycles. The van der Waals surface area contributed by atoms with Gasteiger partial charge in [-0.25, -0.2) is 8.42 Å². The van der Waals surface area contributed by atoms with Crippen LogP contribution in [0.5, 0.6) is 5.88 Å². The van der Waals surface area contributed by atoms with Crippen molar-refractivity contribution in [2.75, 3.05) is 4.72 Å². The van der Waals surface area contributed by atoms with Crippen molar-refractivity contribution in [2.24, 2.45) is 12.0 Å². The van der Waals surface area contributed by atoms with Gasteiger partial charge in [0.1, 0.15) is 11.6 Å². The number of anilines is 1. The topological polar surface area (TPSA) is 125 Å². The van der Waals surface area contributed by atoms with Gasteiger partial charge in [-0.05, 0) is 61.0 Å². The third kappa shape index (κ3) is 4.60. The van der Waals surface area contributed by atoms with Crippen LogP contribution in [0, 0.1) is 18.3 Å². The summed E-state index contributed by atoms with van der Waals surface area (Å²) in [5.41, 5.74) is 0.629. The minimum atomic E-state index is -3.80. The van der Waals surface area contributed by atoms with Gasteiger partial charge in [0.05, 0.1) is 16.1 Å². The number of rotatable bonds is 5. The van der Waals surface area contributed by atoms with Crippen molar-refractivity contribution >= 4 is 39.2 Å². The minimum Gasteiger partial charge on any atom is -0.494 e. The molecule has 2 N–H and O–H groups in total. The van der Waals surface area contributed by atoms with Crippen molar-refractivity contribution in [3.05, 3.63) is 80.6 Å². The van der Waals surface area contributed by atoms with Gasteiger partial charge in [-0.2, -0.15) is 5.26 Å². The number of benzene rings is 2. The summed E-state index contributed by atoms with van der Waals surface area (Å²) in [5.74, 6) is -0.323. The molecule has 3 rings (SSSR count). The van der Waals surface area contributed by atoms with Gasteiger partial charge in [0, 0.05) is 24.0 Å². The maximum Gasteiger partial charge on any atom is 0.271 e. The molecule has 0 amide bonds. The molecule has 0 spiro atoms. The third-order valence-electron chi connectivity index (χ3n) is 4.55. The molecule has 0 atom stereocenters. The molecule has 10 heteroatoms. The molecular formula is C21H17ClN4O4S. The fourth-order valence-corrected chi connectivity index (χ4v) is 3.96. The Kier molecular flexibility index (Phi) is 6.15. The second-order valence-electron chi connectivity index (χ2n) is 6.58. The Labute approximate surface area is 183 Å². The summed E-state index contributed by atoms with van der Waals surface area (Å²) < 4.78 is 28.5. The van der Waals surface area contributed by atoms with E-state index in [9.17, 15) is 23.6 Å². The molecule has 3 aromatic rings. The highest BCUT2D eigenvalue weighted by Gasteiger charge is 2.16. The standard InChI is InChI=1S/C21H17ClN4O4S/c1-13-18(11-23)20(27)26(2)21(28)19(13)12-24-15-7-9-17(10-8-15)31(29,30)25-16-5-3-14(22)4-6-16/h3-10,12,25,28H,1-2H3. The number of nitrogens with zero attached hydrogens (tertiary/aromatic N) is 3. The molecule has 1 heterocycles. The molecule has 0 aliphatic heterocycles. The van der Waals surface area contributed by atoms with E-state index in [-0.39, 0.29) is 21.9 Å². The van der Waals surface area contributed by atoms with Gasteiger partial charge in [-0.15, -0.1) is 0 Å². The van der Waals surface area contributed by atoms with Crippen molar-refractivity contribution in [1.29, 1.82) is 5.26 Å². The molecule has 0 saturated heterocycles. The zero-order valence-corrected chi connectivity index (χ0v) is 18.1. The number of nitrogens with one attached hydrogen (secondary N) is 1. The van der Waals surface area contributed by atoms with Crippen LogP contribution in [0.1, 0.15) is 16.7 Å². The van der Waals surface area contributed by atoms with Gasteiger partial charge in [-0.1, -0.05) is 11.6 Å². The average Bonchev–Trinajstić information content (AvgIpc) is 2.74. The van der Waals surface area contributed by atoms with Gasteiger partial charge in [0.25, 0.3) is 15.6 Å². The second kappa shape index (κ2) is 8.63. The van der Waals surface area contributed by atoms with Gasteiger partial charge >= 0.3 is 0 Å². The molecule has 0 unspecified atom stereocenters. The van der Waals surface area contributed by atoms with E-state index in [1.54, 1.807) is 31.2 Å². The molecule has 1 aromatic heterocycles. The molecule has 0 aliphatic carbocycles. The lowest BCUT2D eigenvalue weighted by Crippen LogP contribution is -2.22. The van der Waals surface area contributed by atoms with Crippen LogP contribution in [-0.2, 0) is 17.1 Å². The number of pyridine rings is 1. The number of sulfonamides is 1. The Bertz CT molecular complexity index is 1370. The van der Waals surface area contributed by atoms with Crippen molar-refractivity contribution in [3.63, 3.8) is 0 Å². The predicted octanol–water partition coefficient (Wildman–Crippen LogP) is 3.48. The Morgan fingerprint density at radius 1 is 1.16 bits per heavy atom. The van der Waals surface area contributed by atoms with Crippen LogP contribution in [0.25, 0.3) is 0 Å². The molecule has 0 aliphatic rings. The quantitative estimate of drug-likeness (QED) is 0.568. The zero-order chi connectivity index (χ0) is 22.8. The highest BCUT2D eigenvalue weighted by atomic mass is 35.5. The number of aromatic nitrogens is 1. The summed E-state index contributed by atoms with van der Waals surface area (Å²) in [5, 5.41) is 19.9. The first-order valence-electron chi connectivity index (χ1n) is 8.89. The van der Waals surface area contributed by atoms with Crippen LogP contribution in [-0.4, -0.2) is 24.3 Å². The number of hydrogen-bond donors (Lipinski definition) is 2. The largest absolute Gasteiger partial charge is 0.494 e. The lowest BCUT2D eigenvalue weighted by atomic mass is 10.1. The number of nitriles is 1. The van der Waals surface area contributed by atoms with E-state index < -0.39 is 15.6 Å². The predicted molar refractivity (Wildman–Crippen MR) is 119 cm³/mol. The fraction of sp³-hybridized carbons (Fsp3) is 0.0952. The summed E-state index contributed by atoms with van der Waals surface area (Å²) in [4.78, 5) is 16.3. The highest BCUT2D eigenvalue weighted by molar-refractivity contribution is 7.92. The van der Waals surface area contributed by atoms with Crippen molar-refractivity contribution < 1.29 is 13.5 Å². The number of aliphatic imine (C=N–C) groups is 1. The van der Waals surface area contributed by atoms with E-state index in [4.69, 9.17) is 11.6 Å². The van der Waals surface area contributed by atoms with E-state index in [1.165, 1.54) is 37.5 Å². The first-order valence-corrected chi connectivity index (χ1v) is 10.8. The molecule has 31 heavy (non-hydrogen) atoms. The van der Waals surface area contributed by atoms with Crippen LogP contribution in [0.4, 0.5) is 11.4 Å². The SMILES string of the molecule is Cc1c(C=Nc2ccc(S(=O)(=O)Nc3ccc(Cl)cc3)cc2)c(O)n(C)c(=O)c1C#N. The zero-order valence-electron chi connectivity index (χ0n) is 16.5. The van der Waals surface area contributed by atoms with E-state index in [0.717, 1.165) is 4.57 Å². The number of halogens is 1. The molecule has 0 fully saturated rings. The number of hydrogen-bond acceptors (Lipinski definition) is 6. The fourth-order valence-electron chi connectivity index (χ4n) is 2.78. The monoisotopic (exact) mass is 456 g/mol. The Hall–Kier alpha value is -3.61. The van der Waals surface area contributed by atoms with Gasteiger partial charge in [0.2, 0.25) is 5.88 Å². The first-order chi connectivity index (χ1) is 14.6. The van der Waals surface area contributed by atoms with E-state index >= 15 is 0 Å². The smallest absolute Gasteiger partial charge is 0.271 e.